The average molecular weight is 1140 g/mol. The van der Waals surface area contributed by atoms with Crippen LogP contribution in [0, 0.1) is 23.9 Å². The van der Waals surface area contributed by atoms with Crippen LogP contribution in [-0.2, 0) is 38.3 Å². The molecule has 366 valence electrons. The molecule has 8 aromatic carbocycles. The zero-order chi connectivity index (χ0) is 56.1. The van der Waals surface area contributed by atoms with E-state index >= 15 is 0 Å². The maximum atomic E-state index is 9.32. The molecule has 73 heavy (non-hydrogen) atoms. The second-order valence-electron chi connectivity index (χ2n) is 21.6. The summed E-state index contributed by atoms with van der Waals surface area (Å²) in [7, 11) is 0. The molecule has 3 heterocycles. The van der Waals surface area contributed by atoms with Crippen molar-refractivity contribution in [2.75, 3.05) is 0 Å². The maximum Gasteiger partial charge on any atom is 0.268 e. The first-order valence-electron chi connectivity index (χ1n) is 28.0. The van der Waals surface area contributed by atoms with Crippen LogP contribution in [0.5, 0.6) is 11.5 Å². The van der Waals surface area contributed by atoms with E-state index in [-0.39, 0.29) is 49.5 Å². The first-order chi connectivity index (χ1) is 37.4. The number of pyridine rings is 1. The van der Waals surface area contributed by atoms with Gasteiger partial charge in [0.15, 0.2) is 0 Å². The van der Waals surface area contributed by atoms with Crippen molar-refractivity contribution in [1.82, 2.24) is 14.1 Å². The van der Waals surface area contributed by atoms with Gasteiger partial charge >= 0.3 is 0 Å². The minimum atomic E-state index is -1.64. The molecule has 0 aliphatic carbocycles. The molecule has 0 N–H and O–H groups in total. The van der Waals surface area contributed by atoms with Crippen molar-refractivity contribution in [3.8, 4) is 62.1 Å². The number of ether oxygens (including phenoxy) is 1. The quantitative estimate of drug-likeness (QED) is 0.107. The van der Waals surface area contributed by atoms with Crippen LogP contribution < -0.4 is 9.30 Å². The van der Waals surface area contributed by atoms with E-state index in [1.54, 1.807) is 12.3 Å². The van der Waals surface area contributed by atoms with Gasteiger partial charge in [0.2, 0.25) is 0 Å². The Labute approximate surface area is 454 Å². The van der Waals surface area contributed by atoms with Gasteiger partial charge in [0, 0.05) is 47.0 Å². The van der Waals surface area contributed by atoms with E-state index in [4.69, 9.17) is 16.6 Å². The van der Waals surface area contributed by atoms with E-state index in [2.05, 4.69) is 109 Å². The van der Waals surface area contributed by atoms with Crippen LogP contribution in [0.3, 0.4) is 0 Å². The average Bonchev–Trinajstić information content (AvgIpc) is 3.97. The fourth-order valence-electron chi connectivity index (χ4n) is 9.48. The van der Waals surface area contributed by atoms with E-state index in [1.165, 1.54) is 0 Å². The largest absolute Gasteiger partial charge is 0.510 e. The van der Waals surface area contributed by atoms with Gasteiger partial charge in [-0.3, -0.25) is 4.57 Å². The van der Waals surface area contributed by atoms with Crippen LogP contribution in [0.4, 0.5) is 0 Å². The van der Waals surface area contributed by atoms with Gasteiger partial charge in [-0.15, -0.1) is 29.7 Å². The molecule has 0 fully saturated rings. The van der Waals surface area contributed by atoms with Gasteiger partial charge in [-0.2, -0.15) is 18.2 Å². The summed E-state index contributed by atoms with van der Waals surface area (Å²) in [6.45, 7) is 18.9. The summed E-state index contributed by atoms with van der Waals surface area (Å²) in [5.41, 5.74) is 10.2. The third-order valence-corrected chi connectivity index (χ3v) is 13.0. The van der Waals surface area contributed by atoms with Gasteiger partial charge in [0.1, 0.15) is 5.82 Å². The third kappa shape index (κ3) is 9.84. The number of imidazole rings is 1. The summed E-state index contributed by atoms with van der Waals surface area (Å²) in [6.07, 6.45) is 3.74. The van der Waals surface area contributed by atoms with Gasteiger partial charge in [-0.05, 0) is 108 Å². The predicted molar refractivity (Wildman–Crippen MR) is 297 cm³/mol. The fourth-order valence-corrected chi connectivity index (χ4v) is 9.48. The second-order valence-corrected chi connectivity index (χ2v) is 21.6. The number of para-hydroxylation sites is 2. The van der Waals surface area contributed by atoms with Crippen molar-refractivity contribution in [2.24, 2.45) is 5.41 Å². The van der Waals surface area contributed by atoms with Crippen LogP contribution in [-0.4, -0.2) is 14.1 Å². The number of rotatable bonds is 9. The van der Waals surface area contributed by atoms with Crippen molar-refractivity contribution in [1.29, 1.82) is 0 Å². The van der Waals surface area contributed by atoms with Gasteiger partial charge in [0.25, 0.3) is 6.33 Å². The molecular formula is C67H60N4OPt-2. The standard InChI is InChI=1S/C67H60N4O.Pt/c1-65(2,3)43-45-34-35-68-63(36-45)71-59-29-17-16-26-57(59)58-32-31-54(42-61(58)71)72-53-25-18-24-52(41-53)69-44-70(60-33-30-48(39-62(60)69)46-20-12-10-13-21-46)64-55(47-22-14-11-15-23-47)27-19-28-56(64)49-37-50(66(4,5)6)40-51(38-49)67(7,8)9;/h10-40H,43H2,1-9H3;/q-2;/i11D,14D,15D,22D,23D,43D2;. The fraction of sp³-hybridized carbons (Fsp3) is 0.194. The SMILES string of the molecule is [2H]c1c([2H])c([2H])c(-c2cccc(-c3cc(C(C)(C)C)cc(C(C)(C)C)c3)c2-[n+]2[c-]n(-c3[c-]c(Oc4[c-]c5c(cc4)c4ccccc4n5-c4cc(C([2H])([2H])C(C)(C)C)ccn4)ccc3)c3cc(-c4ccccc4)ccc32)c([2H])c1[2H].[Pt]. The van der Waals surface area contributed by atoms with Crippen LogP contribution in [0.2, 0.25) is 0 Å². The number of hydrogen-bond donors (Lipinski definition) is 0. The first-order valence-corrected chi connectivity index (χ1v) is 24.5. The molecule has 0 saturated heterocycles. The van der Waals surface area contributed by atoms with Crippen LogP contribution in [0.15, 0.2) is 188 Å². The van der Waals surface area contributed by atoms with Gasteiger partial charge < -0.3 is 13.9 Å². The van der Waals surface area contributed by atoms with E-state index in [0.717, 1.165) is 60.7 Å². The Bertz CT molecular complexity index is 4160. The number of fused-ring (bicyclic) bond motifs is 4. The summed E-state index contributed by atoms with van der Waals surface area (Å²) in [5, 5.41) is 1.92. The first kappa shape index (κ1) is 41.2. The molecule has 0 spiro atoms. The van der Waals surface area contributed by atoms with Crippen LogP contribution in [0.1, 0.15) is 88.6 Å². The molecule has 0 radical (unpaired) electrons. The van der Waals surface area contributed by atoms with E-state index in [1.807, 2.05) is 132 Å². The van der Waals surface area contributed by atoms with Gasteiger partial charge in [-0.1, -0.05) is 195 Å². The van der Waals surface area contributed by atoms with E-state index < -0.39 is 29.9 Å². The van der Waals surface area contributed by atoms with E-state index in [0.29, 0.717) is 45.3 Å². The summed E-state index contributed by atoms with van der Waals surface area (Å²) >= 11 is 0. The molecule has 0 amide bonds. The number of hydrogen-bond acceptors (Lipinski definition) is 2. The minimum absolute atomic E-state index is 0. The van der Waals surface area contributed by atoms with Crippen molar-refractivity contribution in [2.45, 2.75) is 79.5 Å². The molecule has 0 atom stereocenters. The summed E-state index contributed by atoms with van der Waals surface area (Å²) in [4.78, 5) is 4.78. The zero-order valence-corrected chi connectivity index (χ0v) is 44.8. The number of aromatic nitrogens is 4. The summed E-state index contributed by atoms with van der Waals surface area (Å²) in [6, 6.07) is 55.2. The molecule has 0 aliphatic rings. The summed E-state index contributed by atoms with van der Waals surface area (Å²) < 4.78 is 75.6. The Balaban J connectivity index is 0.00000720. The van der Waals surface area contributed by atoms with Crippen molar-refractivity contribution >= 4 is 32.8 Å². The minimum Gasteiger partial charge on any atom is -0.510 e. The molecule has 0 saturated carbocycles. The molecule has 0 aliphatic heterocycles. The Hall–Kier alpha value is -7.33. The second kappa shape index (κ2) is 19.3. The number of nitrogens with zero attached hydrogens (tertiary/aromatic N) is 4. The molecule has 11 rings (SSSR count). The maximum absolute atomic E-state index is 9.32. The Morgan fingerprint density at radius 1 is 0.589 bits per heavy atom. The topological polar surface area (TPSA) is 35.9 Å². The third-order valence-electron chi connectivity index (χ3n) is 13.0. The predicted octanol–water partition coefficient (Wildman–Crippen LogP) is 16.8. The molecule has 5 nitrogen and oxygen atoms in total. The summed E-state index contributed by atoms with van der Waals surface area (Å²) in [5.74, 6) is 1.40. The van der Waals surface area contributed by atoms with Crippen molar-refractivity contribution < 1.29 is 40.0 Å². The van der Waals surface area contributed by atoms with Gasteiger partial charge in [0.05, 0.1) is 23.6 Å². The number of benzene rings is 8. The smallest absolute Gasteiger partial charge is 0.268 e. The monoisotopic (exact) mass is 1140 g/mol. The Morgan fingerprint density at radius 3 is 2.00 bits per heavy atom. The molecule has 6 heteroatoms. The van der Waals surface area contributed by atoms with Crippen LogP contribution in [0.25, 0.3) is 83.4 Å². The molecular weight excluding hydrogens is 1070 g/mol. The molecule has 3 aromatic heterocycles. The van der Waals surface area contributed by atoms with Crippen molar-refractivity contribution in [3.05, 3.63) is 223 Å². The van der Waals surface area contributed by atoms with Crippen LogP contribution >= 0.6 is 0 Å². The Morgan fingerprint density at radius 2 is 1.27 bits per heavy atom. The van der Waals surface area contributed by atoms with Gasteiger partial charge in [-0.25, -0.2) is 4.98 Å². The van der Waals surface area contributed by atoms with Crippen molar-refractivity contribution in [3.63, 3.8) is 0 Å². The Kier molecular flexibility index (Phi) is 10.9. The molecule has 0 unspecified atom stereocenters. The van der Waals surface area contributed by atoms with E-state index in [9.17, 15) is 2.74 Å². The molecule has 0 bridgehead atoms. The zero-order valence-electron chi connectivity index (χ0n) is 49.5. The molecule has 11 aromatic rings. The normalized spacial score (nSPS) is 13.7.